The molecule has 3 heterocycles. The number of halogens is 7. The van der Waals surface area contributed by atoms with E-state index in [0.717, 1.165) is 6.07 Å². The number of aryl methyl sites for hydroxylation is 1. The number of hydrogen-bond acceptors (Lipinski definition) is 9. The highest BCUT2D eigenvalue weighted by Crippen LogP contribution is 2.51. The highest BCUT2D eigenvalue weighted by atomic mass is 127. The molecule has 0 radical (unpaired) electrons. The van der Waals surface area contributed by atoms with Gasteiger partial charge < -0.3 is 29.5 Å². The molecule has 3 unspecified atom stereocenters. The van der Waals surface area contributed by atoms with Gasteiger partial charge in [0.2, 0.25) is 5.88 Å². The SMILES string of the molecule is CCCc1cc(C(O)(C(F)(F)F)C(F)(F)F)ccc1Oc1cc(CN2C(O)NC(C)(c3ccc4c(c3)OCCO4)C2O)c(I)cn1. The third-order valence-electron chi connectivity index (χ3n) is 8.01. The van der Waals surface area contributed by atoms with E-state index in [1.807, 2.05) is 22.6 Å². The zero-order valence-corrected chi connectivity index (χ0v) is 26.6. The Labute approximate surface area is 273 Å². The molecule has 0 saturated carbocycles. The van der Waals surface area contributed by atoms with Gasteiger partial charge in [-0.2, -0.15) is 26.3 Å². The summed E-state index contributed by atoms with van der Waals surface area (Å²) in [5.41, 5.74) is -6.40. The molecule has 3 aromatic rings. The van der Waals surface area contributed by atoms with Crippen molar-refractivity contribution in [1.82, 2.24) is 15.2 Å². The first-order valence-electron chi connectivity index (χ1n) is 14.1. The number of fused-ring (bicyclic) bond motifs is 1. The first-order valence-corrected chi connectivity index (χ1v) is 15.2. The Hall–Kier alpha value is -2.90. The molecule has 1 fully saturated rings. The number of rotatable bonds is 8. The lowest BCUT2D eigenvalue weighted by Crippen LogP contribution is -2.53. The number of pyridine rings is 1. The summed E-state index contributed by atoms with van der Waals surface area (Å²) >= 11 is 2.00. The average molecular weight is 769 g/mol. The predicted molar refractivity (Wildman–Crippen MR) is 159 cm³/mol. The van der Waals surface area contributed by atoms with Crippen molar-refractivity contribution < 1.29 is 55.9 Å². The van der Waals surface area contributed by atoms with E-state index in [2.05, 4.69) is 10.3 Å². The van der Waals surface area contributed by atoms with Gasteiger partial charge in [-0.05, 0) is 76.9 Å². The van der Waals surface area contributed by atoms with Gasteiger partial charge in [0.15, 0.2) is 17.9 Å². The topological polar surface area (TPSA) is 117 Å². The van der Waals surface area contributed by atoms with Crippen LogP contribution in [0.4, 0.5) is 26.3 Å². The molecule has 1 aromatic heterocycles. The second-order valence-electron chi connectivity index (χ2n) is 11.1. The molecule has 5 rings (SSSR count). The normalized spacial score (nSPS) is 22.3. The maximum absolute atomic E-state index is 13.5. The molecule has 1 saturated heterocycles. The smallest absolute Gasteiger partial charge is 0.430 e. The van der Waals surface area contributed by atoms with Gasteiger partial charge in [-0.25, -0.2) is 9.88 Å². The van der Waals surface area contributed by atoms with E-state index >= 15 is 0 Å². The summed E-state index contributed by atoms with van der Waals surface area (Å²) < 4.78 is 98.7. The fraction of sp³-hybridized carbons (Fsp3) is 0.433. The molecule has 16 heteroatoms. The number of ether oxygens (including phenoxy) is 3. The molecular formula is C30H30F6IN3O6. The molecule has 3 atom stereocenters. The first kappa shape index (κ1) is 34.4. The largest absolute Gasteiger partial charge is 0.486 e. The van der Waals surface area contributed by atoms with E-state index < -0.39 is 41.6 Å². The zero-order valence-electron chi connectivity index (χ0n) is 24.4. The third-order valence-corrected chi connectivity index (χ3v) is 8.98. The van der Waals surface area contributed by atoms with Gasteiger partial charge in [0.1, 0.15) is 25.2 Å². The molecule has 2 aliphatic heterocycles. The summed E-state index contributed by atoms with van der Waals surface area (Å²) in [6, 6.07) is 8.78. The quantitative estimate of drug-likeness (QED) is 0.176. The van der Waals surface area contributed by atoms with Crippen LogP contribution in [0.15, 0.2) is 48.7 Å². The van der Waals surface area contributed by atoms with Gasteiger partial charge >= 0.3 is 12.4 Å². The number of nitrogens with one attached hydrogen (secondary N) is 1. The van der Waals surface area contributed by atoms with E-state index in [4.69, 9.17) is 14.2 Å². The molecule has 2 aliphatic rings. The van der Waals surface area contributed by atoms with Crippen LogP contribution in [0.3, 0.4) is 0 Å². The molecule has 4 N–H and O–H groups in total. The molecule has 0 aliphatic carbocycles. The van der Waals surface area contributed by atoms with Gasteiger partial charge in [-0.15, -0.1) is 0 Å². The van der Waals surface area contributed by atoms with Crippen molar-refractivity contribution in [3.05, 3.63) is 74.5 Å². The van der Waals surface area contributed by atoms with Gasteiger partial charge in [0, 0.05) is 27.9 Å². The number of alkyl halides is 6. The van der Waals surface area contributed by atoms with Crippen LogP contribution >= 0.6 is 22.6 Å². The van der Waals surface area contributed by atoms with Crippen LogP contribution < -0.4 is 19.5 Å². The van der Waals surface area contributed by atoms with Gasteiger partial charge in [-0.1, -0.05) is 25.5 Å². The van der Waals surface area contributed by atoms with Crippen molar-refractivity contribution in [3.63, 3.8) is 0 Å². The van der Waals surface area contributed by atoms with Gasteiger partial charge in [0.25, 0.3) is 5.60 Å². The Balaban J connectivity index is 1.40. The third kappa shape index (κ3) is 6.22. The summed E-state index contributed by atoms with van der Waals surface area (Å²) in [5.74, 6) is 0.990. The van der Waals surface area contributed by atoms with E-state index in [-0.39, 0.29) is 30.2 Å². The number of aliphatic hydroxyl groups is 3. The van der Waals surface area contributed by atoms with Gasteiger partial charge in [-0.3, -0.25) is 5.32 Å². The van der Waals surface area contributed by atoms with Crippen molar-refractivity contribution in [1.29, 1.82) is 0 Å². The summed E-state index contributed by atoms with van der Waals surface area (Å²) in [6.45, 7) is 4.18. The zero-order chi connectivity index (χ0) is 33.7. The summed E-state index contributed by atoms with van der Waals surface area (Å²) in [6.07, 6.45) is -12.7. The molecule has 46 heavy (non-hydrogen) atoms. The van der Waals surface area contributed by atoms with Crippen LogP contribution in [0.5, 0.6) is 23.1 Å². The lowest BCUT2D eigenvalue weighted by Gasteiger charge is -2.33. The lowest BCUT2D eigenvalue weighted by molar-refractivity contribution is -0.376. The van der Waals surface area contributed by atoms with Crippen molar-refractivity contribution in [2.24, 2.45) is 0 Å². The average Bonchev–Trinajstić information content (AvgIpc) is 3.21. The number of nitrogens with zero attached hydrogens (tertiary/aromatic N) is 2. The molecule has 0 spiro atoms. The molecule has 250 valence electrons. The lowest BCUT2D eigenvalue weighted by atomic mass is 9.90. The minimum atomic E-state index is -6.03. The van der Waals surface area contributed by atoms with E-state index in [1.165, 1.54) is 17.2 Å². The first-order chi connectivity index (χ1) is 21.5. The number of aromatic nitrogens is 1. The highest BCUT2D eigenvalue weighted by Gasteiger charge is 2.71. The van der Waals surface area contributed by atoms with Crippen molar-refractivity contribution in [2.45, 2.75) is 69.3 Å². The van der Waals surface area contributed by atoms with E-state index in [9.17, 15) is 41.7 Å². The number of aliphatic hydroxyl groups excluding tert-OH is 2. The Morgan fingerprint density at radius 2 is 1.67 bits per heavy atom. The fourth-order valence-corrected chi connectivity index (χ4v) is 5.93. The maximum Gasteiger partial charge on any atom is 0.430 e. The van der Waals surface area contributed by atoms with Crippen LogP contribution in [-0.4, -0.2) is 63.3 Å². The van der Waals surface area contributed by atoms with Crippen molar-refractivity contribution in [2.75, 3.05) is 13.2 Å². The van der Waals surface area contributed by atoms with Crippen LogP contribution in [-0.2, 0) is 24.1 Å². The Bertz CT molecular complexity index is 1580. The predicted octanol–water partition coefficient (Wildman–Crippen LogP) is 5.43. The van der Waals surface area contributed by atoms with E-state index in [0.29, 0.717) is 58.0 Å². The maximum atomic E-state index is 13.5. The fourth-order valence-electron chi connectivity index (χ4n) is 5.46. The van der Waals surface area contributed by atoms with Gasteiger partial charge in [0.05, 0.1) is 5.54 Å². The van der Waals surface area contributed by atoms with Crippen LogP contribution in [0, 0.1) is 3.57 Å². The minimum absolute atomic E-state index is 0.00129. The standard InChI is InChI=1S/C30H30F6IN3O6/c1-3-4-16-11-19(28(43,29(31,32)33)30(34,35)36)6-7-21(16)46-24-12-17(20(37)14-38-24)15-40-25(41)27(2,39-26(40)42)18-5-8-22-23(13-18)45-10-9-44-22/h5-8,11-14,25-26,39,41-43H,3-4,9-10,15H2,1-2H3. The second kappa shape index (κ2) is 12.6. The summed E-state index contributed by atoms with van der Waals surface area (Å²) in [5, 5.41) is 35.2. The molecule has 0 amide bonds. The summed E-state index contributed by atoms with van der Waals surface area (Å²) in [7, 11) is 0. The highest BCUT2D eigenvalue weighted by molar-refractivity contribution is 14.1. The number of benzene rings is 2. The van der Waals surface area contributed by atoms with Crippen molar-refractivity contribution in [3.8, 4) is 23.1 Å². The Morgan fingerprint density at radius 3 is 2.33 bits per heavy atom. The van der Waals surface area contributed by atoms with Crippen LogP contribution in [0.25, 0.3) is 0 Å². The second-order valence-corrected chi connectivity index (χ2v) is 12.3. The molecule has 2 aromatic carbocycles. The molecule has 9 nitrogen and oxygen atoms in total. The molecular weight excluding hydrogens is 739 g/mol. The van der Waals surface area contributed by atoms with E-state index in [1.54, 1.807) is 32.0 Å². The summed E-state index contributed by atoms with van der Waals surface area (Å²) in [4.78, 5) is 5.58. The Kier molecular flexibility index (Phi) is 9.44. The monoisotopic (exact) mass is 769 g/mol. The van der Waals surface area contributed by atoms with Crippen LogP contribution in [0.2, 0.25) is 0 Å². The molecule has 0 bridgehead atoms. The Morgan fingerprint density at radius 1 is 1.00 bits per heavy atom. The minimum Gasteiger partial charge on any atom is -0.486 e. The van der Waals surface area contributed by atoms with Crippen molar-refractivity contribution >= 4 is 22.6 Å². The van der Waals surface area contributed by atoms with Crippen LogP contribution in [0.1, 0.15) is 42.5 Å². The number of hydrogen-bond donors (Lipinski definition) is 4.